The Morgan fingerprint density at radius 3 is 2.57 bits per heavy atom. The van der Waals surface area contributed by atoms with Crippen molar-refractivity contribution in [1.82, 2.24) is 4.90 Å². The lowest BCUT2D eigenvalue weighted by Crippen LogP contribution is -2.46. The van der Waals surface area contributed by atoms with Gasteiger partial charge >= 0.3 is 0 Å². The van der Waals surface area contributed by atoms with Gasteiger partial charge in [-0.05, 0) is 63.8 Å². The summed E-state index contributed by atoms with van der Waals surface area (Å²) >= 11 is 6.10. The Morgan fingerprint density at radius 1 is 1.17 bits per heavy atom. The van der Waals surface area contributed by atoms with Crippen LogP contribution in [-0.2, 0) is 0 Å². The van der Waals surface area contributed by atoms with Gasteiger partial charge in [-0.1, -0.05) is 36.2 Å². The molecular formula is C20H31ClN2. The fourth-order valence-corrected chi connectivity index (χ4v) is 3.29. The predicted octanol–water partition coefficient (Wildman–Crippen LogP) is 5.23. The SMILES string of the molecule is CC(C)=CCC[C@H](C)CCN1CCN(c2cccc(Cl)c2)CC1. The highest BCUT2D eigenvalue weighted by Crippen LogP contribution is 2.21. The molecule has 0 aromatic heterocycles. The average molecular weight is 335 g/mol. The maximum Gasteiger partial charge on any atom is 0.0426 e. The van der Waals surface area contributed by atoms with E-state index >= 15 is 0 Å². The third kappa shape index (κ3) is 6.56. The molecule has 1 aliphatic heterocycles. The second-order valence-corrected chi connectivity index (χ2v) is 7.50. The van der Waals surface area contributed by atoms with Gasteiger partial charge in [0.1, 0.15) is 0 Å². The largest absolute Gasteiger partial charge is 0.369 e. The molecule has 1 heterocycles. The molecule has 1 aliphatic rings. The van der Waals surface area contributed by atoms with Crippen LogP contribution in [0.4, 0.5) is 5.69 Å². The van der Waals surface area contributed by atoms with Crippen LogP contribution in [0.15, 0.2) is 35.9 Å². The molecule has 0 radical (unpaired) electrons. The van der Waals surface area contributed by atoms with Gasteiger partial charge in [0, 0.05) is 36.9 Å². The second kappa shape index (κ2) is 9.34. The van der Waals surface area contributed by atoms with Gasteiger partial charge in [-0.3, -0.25) is 4.90 Å². The van der Waals surface area contributed by atoms with Crippen LogP contribution in [-0.4, -0.2) is 37.6 Å². The quantitative estimate of drug-likeness (QED) is 0.629. The highest BCUT2D eigenvalue weighted by Gasteiger charge is 2.17. The first-order valence-corrected chi connectivity index (χ1v) is 9.28. The molecule has 0 unspecified atom stereocenters. The number of halogens is 1. The van der Waals surface area contributed by atoms with E-state index in [2.05, 4.69) is 48.8 Å². The second-order valence-electron chi connectivity index (χ2n) is 7.06. The maximum atomic E-state index is 6.10. The van der Waals surface area contributed by atoms with Crippen LogP contribution in [0.3, 0.4) is 0 Å². The highest BCUT2D eigenvalue weighted by atomic mass is 35.5. The van der Waals surface area contributed by atoms with Gasteiger partial charge in [-0.2, -0.15) is 0 Å². The van der Waals surface area contributed by atoms with E-state index in [9.17, 15) is 0 Å². The summed E-state index contributed by atoms with van der Waals surface area (Å²) in [6.45, 7) is 12.5. The van der Waals surface area contributed by atoms with E-state index < -0.39 is 0 Å². The molecule has 128 valence electrons. The Kier molecular flexibility index (Phi) is 7.45. The summed E-state index contributed by atoms with van der Waals surface area (Å²) in [5.74, 6) is 0.816. The molecule has 1 aromatic rings. The van der Waals surface area contributed by atoms with Crippen molar-refractivity contribution in [3.63, 3.8) is 0 Å². The minimum Gasteiger partial charge on any atom is -0.369 e. The van der Waals surface area contributed by atoms with Crippen molar-refractivity contribution in [2.45, 2.75) is 40.0 Å². The zero-order valence-corrected chi connectivity index (χ0v) is 15.6. The number of nitrogens with zero attached hydrogens (tertiary/aromatic N) is 2. The standard InChI is InChI=1S/C20H31ClN2/c1-17(2)6-4-7-18(3)10-11-22-12-14-23(15-13-22)20-9-5-8-19(21)16-20/h5-6,8-9,16,18H,4,7,10-15H2,1-3H3/t18-/m0/s1. The molecule has 0 saturated carbocycles. The van der Waals surface area contributed by atoms with Crippen LogP contribution in [0.2, 0.25) is 5.02 Å². The smallest absolute Gasteiger partial charge is 0.0426 e. The zero-order chi connectivity index (χ0) is 16.7. The lowest BCUT2D eigenvalue weighted by atomic mass is 10.0. The maximum absolute atomic E-state index is 6.10. The topological polar surface area (TPSA) is 6.48 Å². The van der Waals surface area contributed by atoms with Gasteiger partial charge in [0.15, 0.2) is 0 Å². The van der Waals surface area contributed by atoms with Crippen LogP contribution in [0.25, 0.3) is 0 Å². The summed E-state index contributed by atoms with van der Waals surface area (Å²) in [5, 5.41) is 0.829. The summed E-state index contributed by atoms with van der Waals surface area (Å²) in [6.07, 6.45) is 6.22. The fourth-order valence-electron chi connectivity index (χ4n) is 3.11. The zero-order valence-electron chi connectivity index (χ0n) is 14.9. The Balaban J connectivity index is 1.67. The lowest BCUT2D eigenvalue weighted by Gasteiger charge is -2.36. The minimum absolute atomic E-state index is 0.816. The van der Waals surface area contributed by atoms with Gasteiger partial charge in [-0.15, -0.1) is 0 Å². The van der Waals surface area contributed by atoms with E-state index in [0.717, 1.165) is 37.1 Å². The van der Waals surface area contributed by atoms with Crippen LogP contribution < -0.4 is 4.90 Å². The normalized spacial score (nSPS) is 17.1. The van der Waals surface area contributed by atoms with E-state index in [4.69, 9.17) is 11.6 Å². The van der Waals surface area contributed by atoms with E-state index in [1.807, 2.05) is 12.1 Å². The number of hydrogen-bond acceptors (Lipinski definition) is 2. The van der Waals surface area contributed by atoms with Crippen LogP contribution >= 0.6 is 11.6 Å². The number of anilines is 1. The molecule has 2 rings (SSSR count). The van der Waals surface area contributed by atoms with Crippen LogP contribution in [0.5, 0.6) is 0 Å². The highest BCUT2D eigenvalue weighted by molar-refractivity contribution is 6.30. The van der Waals surface area contributed by atoms with Gasteiger partial charge in [0.05, 0.1) is 0 Å². The van der Waals surface area contributed by atoms with Crippen LogP contribution in [0.1, 0.15) is 40.0 Å². The van der Waals surface area contributed by atoms with E-state index in [1.165, 1.54) is 37.1 Å². The molecule has 0 amide bonds. The molecule has 1 aromatic carbocycles. The molecule has 23 heavy (non-hydrogen) atoms. The Bertz CT molecular complexity index is 500. The molecule has 0 spiro atoms. The first kappa shape index (κ1) is 18.4. The average Bonchev–Trinajstić information content (AvgIpc) is 2.53. The van der Waals surface area contributed by atoms with E-state index in [0.29, 0.717) is 0 Å². The Morgan fingerprint density at radius 2 is 1.91 bits per heavy atom. The van der Waals surface area contributed by atoms with Gasteiger partial charge in [-0.25, -0.2) is 0 Å². The van der Waals surface area contributed by atoms with Crippen molar-refractivity contribution in [3.05, 3.63) is 40.9 Å². The first-order valence-electron chi connectivity index (χ1n) is 8.91. The summed E-state index contributed by atoms with van der Waals surface area (Å²) in [4.78, 5) is 5.05. The third-order valence-electron chi connectivity index (χ3n) is 4.70. The lowest BCUT2D eigenvalue weighted by molar-refractivity contribution is 0.239. The predicted molar refractivity (Wildman–Crippen MR) is 103 cm³/mol. The van der Waals surface area contributed by atoms with Gasteiger partial charge < -0.3 is 4.90 Å². The van der Waals surface area contributed by atoms with Crippen molar-refractivity contribution in [3.8, 4) is 0 Å². The number of piperazine rings is 1. The van der Waals surface area contributed by atoms with E-state index in [-0.39, 0.29) is 0 Å². The Labute approximate surface area is 147 Å². The van der Waals surface area contributed by atoms with Gasteiger partial charge in [0.25, 0.3) is 0 Å². The first-order chi connectivity index (χ1) is 11.0. The molecule has 1 fully saturated rings. The fraction of sp³-hybridized carbons (Fsp3) is 0.600. The third-order valence-corrected chi connectivity index (χ3v) is 4.93. The number of hydrogen-bond donors (Lipinski definition) is 0. The molecule has 2 nitrogen and oxygen atoms in total. The molecular weight excluding hydrogens is 304 g/mol. The van der Waals surface area contributed by atoms with Crippen molar-refractivity contribution in [2.75, 3.05) is 37.6 Å². The van der Waals surface area contributed by atoms with Crippen LogP contribution in [0, 0.1) is 5.92 Å². The summed E-state index contributed by atoms with van der Waals surface area (Å²) in [7, 11) is 0. The molecule has 0 aliphatic carbocycles. The monoisotopic (exact) mass is 334 g/mol. The molecule has 1 atom stereocenters. The summed E-state index contributed by atoms with van der Waals surface area (Å²) in [5.41, 5.74) is 2.70. The van der Waals surface area contributed by atoms with Crippen molar-refractivity contribution in [1.29, 1.82) is 0 Å². The van der Waals surface area contributed by atoms with E-state index in [1.54, 1.807) is 0 Å². The summed E-state index contributed by atoms with van der Waals surface area (Å²) < 4.78 is 0. The molecule has 3 heteroatoms. The Hall–Kier alpha value is -0.990. The molecule has 0 N–H and O–H groups in total. The molecule has 0 bridgehead atoms. The van der Waals surface area contributed by atoms with Crippen molar-refractivity contribution < 1.29 is 0 Å². The minimum atomic E-state index is 0.816. The molecule has 1 saturated heterocycles. The number of benzene rings is 1. The van der Waals surface area contributed by atoms with Crippen molar-refractivity contribution >= 4 is 17.3 Å². The van der Waals surface area contributed by atoms with Gasteiger partial charge in [0.2, 0.25) is 0 Å². The number of allylic oxidation sites excluding steroid dienone is 2. The summed E-state index contributed by atoms with van der Waals surface area (Å²) in [6, 6.07) is 8.21. The number of rotatable bonds is 7. The van der Waals surface area contributed by atoms with Crippen molar-refractivity contribution in [2.24, 2.45) is 5.92 Å².